The Morgan fingerprint density at radius 1 is 0.911 bits per heavy atom. The Bertz CT molecular complexity index is 2340. The van der Waals surface area contributed by atoms with Gasteiger partial charge in [-0.05, 0) is 110 Å². The second kappa shape index (κ2) is 16.7. The summed E-state index contributed by atoms with van der Waals surface area (Å²) in [6.07, 6.45) is 10.7. The molecule has 0 saturated heterocycles. The van der Waals surface area contributed by atoms with Gasteiger partial charge in [0.05, 0.1) is 43.0 Å². The summed E-state index contributed by atoms with van der Waals surface area (Å²) in [6, 6.07) is 21.7. The van der Waals surface area contributed by atoms with Crippen LogP contribution in [0.5, 0.6) is 11.5 Å². The van der Waals surface area contributed by atoms with Gasteiger partial charge >= 0.3 is 5.97 Å². The summed E-state index contributed by atoms with van der Waals surface area (Å²) < 4.78 is 16.4. The molecular weight excluding hydrogens is 747 g/mol. The van der Waals surface area contributed by atoms with Crippen LogP contribution in [-0.4, -0.2) is 65.1 Å². The fraction of sp³-hybridized carbons (Fsp3) is 0.302. The van der Waals surface area contributed by atoms with E-state index in [1.165, 1.54) is 33.6 Å². The van der Waals surface area contributed by atoms with E-state index >= 15 is 0 Å². The predicted octanol–water partition coefficient (Wildman–Crippen LogP) is 8.30. The molecule has 3 aliphatic rings. The normalized spacial score (nSPS) is 18.2. The van der Waals surface area contributed by atoms with Crippen molar-refractivity contribution in [2.45, 2.75) is 56.0 Å². The molecule has 2 unspecified atom stereocenters. The number of nitrogens with one attached hydrogen (secondary N) is 1. The quantitative estimate of drug-likeness (QED) is 0.0798. The lowest BCUT2D eigenvalue weighted by Gasteiger charge is -2.29. The monoisotopic (exact) mass is 787 g/mol. The van der Waals surface area contributed by atoms with Crippen LogP contribution in [0.3, 0.4) is 0 Å². The summed E-state index contributed by atoms with van der Waals surface area (Å²) in [6.45, 7) is -0.528. The molecule has 0 spiro atoms. The van der Waals surface area contributed by atoms with Gasteiger partial charge in [0, 0.05) is 16.2 Å². The lowest BCUT2D eigenvalue weighted by atomic mass is 9.77. The molecule has 8 rings (SSSR count). The molecule has 56 heavy (non-hydrogen) atoms. The van der Waals surface area contributed by atoms with Gasteiger partial charge in [-0.3, -0.25) is 9.59 Å². The number of ether oxygens (including phenoxy) is 3. The number of anilines is 1. The number of fused-ring (bicyclic) bond motifs is 4. The highest BCUT2D eigenvalue weighted by atomic mass is 32.2. The molecule has 2 atom stereocenters. The van der Waals surface area contributed by atoms with E-state index in [0.29, 0.717) is 11.4 Å². The number of thiophene rings is 1. The molecule has 0 bridgehead atoms. The van der Waals surface area contributed by atoms with Gasteiger partial charge in [0.15, 0.2) is 6.61 Å². The number of carbonyl (C=O) groups excluding carboxylic acids is 3. The topological polar surface area (TPSA) is 132 Å². The highest BCUT2D eigenvalue weighted by Crippen LogP contribution is 2.45. The molecule has 1 saturated carbocycles. The number of nitrogens with zero attached hydrogens (tertiary/aromatic N) is 4. The van der Waals surface area contributed by atoms with E-state index in [1.54, 1.807) is 56.1 Å². The van der Waals surface area contributed by atoms with E-state index in [0.717, 1.165) is 81.9 Å². The second-order valence-corrected chi connectivity index (χ2v) is 16.0. The maximum absolute atomic E-state index is 14.0. The minimum Gasteiger partial charge on any atom is -0.497 e. The van der Waals surface area contributed by atoms with Crippen molar-refractivity contribution in [3.63, 3.8) is 0 Å². The Hall–Kier alpha value is -5.53. The zero-order valence-corrected chi connectivity index (χ0v) is 32.8. The van der Waals surface area contributed by atoms with Crippen LogP contribution in [0.25, 0.3) is 16.3 Å². The van der Waals surface area contributed by atoms with E-state index in [9.17, 15) is 14.4 Å². The Balaban J connectivity index is 0.968. The van der Waals surface area contributed by atoms with Crippen molar-refractivity contribution in [1.29, 1.82) is 0 Å². The SMILES string of the molecule is COc1ccc(/C=C2/CCCC3C2=NN(C(=O)COC(=O)c2ccccc2NC(=O)CSc2ncnc4sc5c(c24)CCCC5)C3c2ccc(OC)cc2)cc1. The number of carbonyl (C=O) groups is 3. The van der Waals surface area contributed by atoms with Crippen LogP contribution in [0.15, 0.2) is 94.8 Å². The molecule has 286 valence electrons. The van der Waals surface area contributed by atoms with Crippen molar-refractivity contribution in [2.75, 3.05) is 31.9 Å². The van der Waals surface area contributed by atoms with Crippen LogP contribution in [0.4, 0.5) is 5.69 Å². The maximum Gasteiger partial charge on any atom is 0.340 e. The highest BCUT2D eigenvalue weighted by molar-refractivity contribution is 8.00. The summed E-state index contributed by atoms with van der Waals surface area (Å²) in [5.41, 5.74) is 5.61. The van der Waals surface area contributed by atoms with Crippen molar-refractivity contribution in [3.05, 3.63) is 112 Å². The molecule has 3 aromatic carbocycles. The lowest BCUT2D eigenvalue weighted by molar-refractivity contribution is -0.137. The number of hydrazone groups is 1. The highest BCUT2D eigenvalue weighted by Gasteiger charge is 2.44. The molecule has 2 amide bonds. The average molecular weight is 788 g/mol. The van der Waals surface area contributed by atoms with E-state index in [-0.39, 0.29) is 29.2 Å². The van der Waals surface area contributed by atoms with E-state index in [2.05, 4.69) is 21.4 Å². The molecule has 1 fully saturated rings. The van der Waals surface area contributed by atoms with Crippen molar-refractivity contribution in [1.82, 2.24) is 15.0 Å². The standard InChI is InChI=1S/C43H41N5O6S2/c1-52-29-18-14-26(15-19-29)22-28-8-7-11-33-39(28)47-48(40(33)27-16-20-30(53-2)21-17-27)37(50)23-54-43(51)31-9-3-5-12-34(31)46-36(49)24-55-41-38-32-10-4-6-13-35(32)56-42(38)45-25-44-41/h3,5,9,12,14-22,25,33,40H,4,6-8,10-11,13,23-24H2,1-2H3,(H,46,49)/b28-22-. The number of hydrogen-bond acceptors (Lipinski definition) is 11. The fourth-order valence-electron chi connectivity index (χ4n) is 7.77. The molecule has 3 heterocycles. The maximum atomic E-state index is 14.0. The largest absolute Gasteiger partial charge is 0.497 e. The van der Waals surface area contributed by atoms with E-state index in [4.69, 9.17) is 19.3 Å². The number of aryl methyl sites for hydroxylation is 2. The number of rotatable bonds is 11. The minimum atomic E-state index is -0.727. The molecule has 1 aliphatic heterocycles. The van der Waals surface area contributed by atoms with Crippen molar-refractivity contribution in [2.24, 2.45) is 11.0 Å². The number of para-hydroxylation sites is 1. The smallest absolute Gasteiger partial charge is 0.340 e. The van der Waals surface area contributed by atoms with Crippen molar-refractivity contribution in [3.8, 4) is 11.5 Å². The summed E-state index contributed by atoms with van der Waals surface area (Å²) >= 11 is 3.07. The summed E-state index contributed by atoms with van der Waals surface area (Å²) in [4.78, 5) is 52.1. The third-order valence-electron chi connectivity index (χ3n) is 10.5. The van der Waals surface area contributed by atoms with E-state index in [1.807, 2.05) is 48.5 Å². The molecule has 11 nitrogen and oxygen atoms in total. The Morgan fingerprint density at radius 3 is 2.45 bits per heavy atom. The van der Waals surface area contributed by atoms with Crippen LogP contribution in [-0.2, 0) is 27.2 Å². The average Bonchev–Trinajstić information content (AvgIpc) is 3.82. The van der Waals surface area contributed by atoms with Gasteiger partial charge in [0.1, 0.15) is 27.7 Å². The molecule has 2 aromatic heterocycles. The first-order valence-corrected chi connectivity index (χ1v) is 20.5. The molecule has 2 aliphatic carbocycles. The Morgan fingerprint density at radius 2 is 1.66 bits per heavy atom. The van der Waals surface area contributed by atoms with Gasteiger partial charge in [0.2, 0.25) is 5.91 Å². The van der Waals surface area contributed by atoms with Crippen molar-refractivity contribution < 1.29 is 28.6 Å². The molecule has 13 heteroatoms. The zero-order chi connectivity index (χ0) is 38.6. The van der Waals surface area contributed by atoms with Crippen LogP contribution >= 0.6 is 23.1 Å². The Labute approximate surface area is 333 Å². The van der Waals surface area contributed by atoms with E-state index < -0.39 is 18.5 Å². The fourth-order valence-corrected chi connectivity index (χ4v) is 9.89. The number of esters is 1. The van der Waals surface area contributed by atoms with Gasteiger partial charge in [-0.25, -0.2) is 19.8 Å². The number of benzene rings is 3. The number of amides is 2. The number of aromatic nitrogens is 2. The van der Waals surface area contributed by atoms with Gasteiger partial charge in [-0.15, -0.1) is 11.3 Å². The third kappa shape index (κ3) is 7.78. The number of thioether (sulfide) groups is 1. The second-order valence-electron chi connectivity index (χ2n) is 13.9. The number of hydrogen-bond donors (Lipinski definition) is 1. The van der Waals surface area contributed by atoms with Gasteiger partial charge in [0.25, 0.3) is 5.91 Å². The predicted molar refractivity (Wildman–Crippen MR) is 218 cm³/mol. The summed E-state index contributed by atoms with van der Waals surface area (Å²) in [5.74, 6) is 0.0656. The number of allylic oxidation sites excluding steroid dienone is 1. The lowest BCUT2D eigenvalue weighted by Crippen LogP contribution is -2.34. The first-order chi connectivity index (χ1) is 27.4. The molecule has 1 N–H and O–H groups in total. The minimum absolute atomic E-state index is 0.0429. The van der Waals surface area contributed by atoms with Crippen molar-refractivity contribution >= 4 is 68.6 Å². The van der Waals surface area contributed by atoms with Crippen LogP contribution in [0.2, 0.25) is 0 Å². The van der Waals surface area contributed by atoms with Gasteiger partial charge < -0.3 is 19.5 Å². The molecule has 5 aromatic rings. The van der Waals surface area contributed by atoms with Crippen LogP contribution in [0.1, 0.15) is 70.1 Å². The number of methoxy groups -OCH3 is 2. The Kier molecular flexibility index (Phi) is 11.1. The summed E-state index contributed by atoms with van der Waals surface area (Å²) in [5, 5.41) is 11.1. The van der Waals surface area contributed by atoms with Gasteiger partial charge in [-0.2, -0.15) is 5.10 Å². The van der Waals surface area contributed by atoms with Crippen LogP contribution < -0.4 is 14.8 Å². The molecule has 0 radical (unpaired) electrons. The molecular formula is C43H41N5O6S2. The van der Waals surface area contributed by atoms with Gasteiger partial charge in [-0.1, -0.05) is 48.2 Å². The van der Waals surface area contributed by atoms with Crippen LogP contribution in [0, 0.1) is 5.92 Å². The third-order valence-corrected chi connectivity index (χ3v) is 12.7. The zero-order valence-electron chi connectivity index (χ0n) is 31.2. The summed E-state index contributed by atoms with van der Waals surface area (Å²) in [7, 11) is 3.25. The first-order valence-electron chi connectivity index (χ1n) is 18.7. The first kappa shape index (κ1) is 37.4.